The van der Waals surface area contributed by atoms with E-state index in [2.05, 4.69) is 27.0 Å². The molecule has 0 amide bonds. The third-order valence-electron chi connectivity index (χ3n) is 4.73. The first-order valence-corrected chi connectivity index (χ1v) is 6.38. The van der Waals surface area contributed by atoms with Gasteiger partial charge < -0.3 is 0 Å². The molecule has 84 valence electrons. The summed E-state index contributed by atoms with van der Waals surface area (Å²) < 4.78 is 0. The quantitative estimate of drug-likeness (QED) is 0.542. The van der Waals surface area contributed by atoms with Gasteiger partial charge >= 0.3 is 0 Å². The van der Waals surface area contributed by atoms with Gasteiger partial charge in [-0.25, -0.2) is 0 Å². The van der Waals surface area contributed by atoms with Crippen molar-refractivity contribution in [2.24, 2.45) is 17.3 Å². The third-order valence-corrected chi connectivity index (χ3v) is 4.73. The van der Waals surface area contributed by atoms with Crippen LogP contribution >= 0.6 is 0 Å². The van der Waals surface area contributed by atoms with E-state index < -0.39 is 0 Å². The normalized spacial score (nSPS) is 41.1. The first kappa shape index (κ1) is 11.0. The molecular weight excluding hydrogens is 180 g/mol. The molecule has 0 spiro atoms. The zero-order chi connectivity index (χ0) is 11.1. The summed E-state index contributed by atoms with van der Waals surface area (Å²) >= 11 is 0. The summed E-state index contributed by atoms with van der Waals surface area (Å²) in [5.41, 5.74) is 3.43. The molecule has 3 atom stereocenters. The van der Waals surface area contributed by atoms with Crippen molar-refractivity contribution in [1.82, 2.24) is 0 Å². The summed E-state index contributed by atoms with van der Waals surface area (Å²) in [6, 6.07) is 0. The summed E-state index contributed by atoms with van der Waals surface area (Å²) in [7, 11) is 0. The van der Waals surface area contributed by atoms with Crippen LogP contribution < -0.4 is 0 Å². The molecule has 0 aromatic carbocycles. The smallest absolute Gasteiger partial charge is 0.00865 e. The number of rotatable bonds is 1. The van der Waals surface area contributed by atoms with Gasteiger partial charge in [0.1, 0.15) is 0 Å². The van der Waals surface area contributed by atoms with Crippen molar-refractivity contribution in [2.45, 2.75) is 52.4 Å². The SMILES string of the molecule is C=C1CCC[C@]2(C)CCC[C@H](C(=C)C)C12. The van der Waals surface area contributed by atoms with Gasteiger partial charge in [0, 0.05) is 0 Å². The Kier molecular flexibility index (Phi) is 2.79. The molecule has 2 aliphatic rings. The van der Waals surface area contributed by atoms with Crippen LogP contribution in [0.1, 0.15) is 52.4 Å². The Balaban J connectivity index is 2.30. The molecule has 0 N–H and O–H groups in total. The van der Waals surface area contributed by atoms with E-state index in [1.807, 2.05) is 0 Å². The Morgan fingerprint density at radius 2 is 2.00 bits per heavy atom. The second-order valence-electron chi connectivity index (χ2n) is 5.99. The fraction of sp³-hybridized carbons (Fsp3) is 0.733. The van der Waals surface area contributed by atoms with Gasteiger partial charge in [0.25, 0.3) is 0 Å². The fourth-order valence-corrected chi connectivity index (χ4v) is 4.00. The van der Waals surface area contributed by atoms with Gasteiger partial charge in [-0.1, -0.05) is 37.6 Å². The number of hydrogen-bond donors (Lipinski definition) is 0. The molecule has 15 heavy (non-hydrogen) atoms. The molecular formula is C15H24. The summed E-state index contributed by atoms with van der Waals surface area (Å²) in [4.78, 5) is 0. The zero-order valence-corrected chi connectivity index (χ0v) is 10.3. The summed E-state index contributed by atoms with van der Waals surface area (Å²) in [6.07, 6.45) is 8.14. The maximum atomic E-state index is 4.34. The number of hydrogen-bond acceptors (Lipinski definition) is 0. The Hall–Kier alpha value is -0.520. The van der Waals surface area contributed by atoms with Crippen LogP contribution in [0.15, 0.2) is 24.3 Å². The van der Waals surface area contributed by atoms with Crippen LogP contribution in [0, 0.1) is 17.3 Å². The zero-order valence-electron chi connectivity index (χ0n) is 10.3. The van der Waals surface area contributed by atoms with Gasteiger partial charge in [-0.3, -0.25) is 0 Å². The molecule has 0 heteroatoms. The second kappa shape index (κ2) is 3.81. The average molecular weight is 204 g/mol. The molecule has 2 saturated carbocycles. The van der Waals surface area contributed by atoms with Crippen LogP contribution in [-0.2, 0) is 0 Å². The van der Waals surface area contributed by atoms with Gasteiger partial charge in [-0.15, -0.1) is 0 Å². The summed E-state index contributed by atoms with van der Waals surface area (Å²) in [6.45, 7) is 13.2. The van der Waals surface area contributed by atoms with Crippen LogP contribution in [-0.4, -0.2) is 0 Å². The molecule has 0 nitrogen and oxygen atoms in total. The highest BCUT2D eigenvalue weighted by Crippen LogP contribution is 2.55. The Morgan fingerprint density at radius 1 is 1.33 bits per heavy atom. The van der Waals surface area contributed by atoms with Crippen molar-refractivity contribution < 1.29 is 0 Å². The molecule has 0 radical (unpaired) electrons. The largest absolute Gasteiger partial charge is 0.0998 e. The highest BCUT2D eigenvalue weighted by atomic mass is 14.5. The van der Waals surface area contributed by atoms with Crippen LogP contribution in [0.2, 0.25) is 0 Å². The lowest BCUT2D eigenvalue weighted by molar-refractivity contribution is 0.0692. The van der Waals surface area contributed by atoms with Gasteiger partial charge in [-0.2, -0.15) is 0 Å². The first-order valence-electron chi connectivity index (χ1n) is 6.38. The van der Waals surface area contributed by atoms with Gasteiger partial charge in [0.15, 0.2) is 0 Å². The lowest BCUT2D eigenvalue weighted by Gasteiger charge is -2.50. The minimum atomic E-state index is 0.539. The molecule has 2 fully saturated rings. The van der Waals surface area contributed by atoms with E-state index in [1.54, 1.807) is 0 Å². The molecule has 0 aliphatic heterocycles. The standard InChI is InChI=1S/C15H24/c1-11(2)13-8-6-10-15(4)9-5-7-12(3)14(13)15/h13-14H,1,3,5-10H2,2,4H3/t13-,14?,15-/m1/s1. The maximum Gasteiger partial charge on any atom is -0.00865 e. The highest BCUT2D eigenvalue weighted by Gasteiger charge is 2.45. The lowest BCUT2D eigenvalue weighted by atomic mass is 9.54. The summed E-state index contributed by atoms with van der Waals surface area (Å²) in [5, 5.41) is 0. The van der Waals surface area contributed by atoms with E-state index in [0.29, 0.717) is 5.41 Å². The van der Waals surface area contributed by atoms with Crippen LogP contribution in [0.5, 0.6) is 0 Å². The van der Waals surface area contributed by atoms with Crippen LogP contribution in [0.25, 0.3) is 0 Å². The van der Waals surface area contributed by atoms with E-state index in [4.69, 9.17) is 0 Å². The maximum absolute atomic E-state index is 4.34. The Labute approximate surface area is 94.5 Å². The molecule has 0 bridgehead atoms. The van der Waals surface area contributed by atoms with E-state index in [9.17, 15) is 0 Å². The Morgan fingerprint density at radius 3 is 2.67 bits per heavy atom. The van der Waals surface area contributed by atoms with Crippen molar-refractivity contribution in [3.8, 4) is 0 Å². The molecule has 0 saturated heterocycles. The van der Waals surface area contributed by atoms with E-state index in [0.717, 1.165) is 11.8 Å². The average Bonchev–Trinajstić information content (AvgIpc) is 2.16. The highest BCUT2D eigenvalue weighted by molar-refractivity contribution is 5.19. The molecule has 0 heterocycles. The van der Waals surface area contributed by atoms with Crippen molar-refractivity contribution in [3.05, 3.63) is 24.3 Å². The van der Waals surface area contributed by atoms with Crippen molar-refractivity contribution >= 4 is 0 Å². The minimum absolute atomic E-state index is 0.539. The predicted molar refractivity (Wildman–Crippen MR) is 66.7 cm³/mol. The monoisotopic (exact) mass is 204 g/mol. The van der Waals surface area contributed by atoms with Gasteiger partial charge in [0.05, 0.1) is 0 Å². The van der Waals surface area contributed by atoms with Crippen LogP contribution in [0.3, 0.4) is 0 Å². The fourth-order valence-electron chi connectivity index (χ4n) is 4.00. The topological polar surface area (TPSA) is 0 Å². The molecule has 0 aromatic heterocycles. The molecule has 1 unspecified atom stereocenters. The van der Waals surface area contributed by atoms with E-state index in [-0.39, 0.29) is 0 Å². The van der Waals surface area contributed by atoms with Gasteiger partial charge in [0.2, 0.25) is 0 Å². The van der Waals surface area contributed by atoms with E-state index in [1.165, 1.54) is 49.7 Å². The second-order valence-corrected chi connectivity index (χ2v) is 5.99. The van der Waals surface area contributed by atoms with Crippen molar-refractivity contribution in [3.63, 3.8) is 0 Å². The van der Waals surface area contributed by atoms with Crippen molar-refractivity contribution in [1.29, 1.82) is 0 Å². The van der Waals surface area contributed by atoms with Crippen molar-refractivity contribution in [2.75, 3.05) is 0 Å². The number of fused-ring (bicyclic) bond motifs is 1. The molecule has 0 aromatic rings. The minimum Gasteiger partial charge on any atom is -0.0998 e. The lowest BCUT2D eigenvalue weighted by Crippen LogP contribution is -2.40. The van der Waals surface area contributed by atoms with E-state index >= 15 is 0 Å². The number of allylic oxidation sites excluding steroid dienone is 2. The Bertz CT molecular complexity index is 282. The van der Waals surface area contributed by atoms with Crippen LogP contribution in [0.4, 0.5) is 0 Å². The molecule has 2 aliphatic carbocycles. The predicted octanol–water partition coefficient (Wildman–Crippen LogP) is 4.73. The first-order chi connectivity index (χ1) is 7.04. The summed E-state index contributed by atoms with van der Waals surface area (Å²) in [5.74, 6) is 1.45. The van der Waals surface area contributed by atoms with Gasteiger partial charge in [-0.05, 0) is 56.3 Å². The third kappa shape index (κ3) is 1.79. The molecule has 2 rings (SSSR count).